The molecule has 0 fully saturated rings. The summed E-state index contributed by atoms with van der Waals surface area (Å²) in [4.78, 5) is 0. The molecule has 0 spiro atoms. The van der Waals surface area contributed by atoms with Crippen LogP contribution < -0.4 is 0 Å². The number of para-hydroxylation sites is 2. The lowest BCUT2D eigenvalue weighted by atomic mass is 9.83. The third kappa shape index (κ3) is 4.42. The van der Waals surface area contributed by atoms with Gasteiger partial charge in [-0.05, 0) is 91.3 Å². The van der Waals surface area contributed by atoms with E-state index >= 15 is 0 Å². The fourth-order valence-corrected chi connectivity index (χ4v) is 7.58. The van der Waals surface area contributed by atoms with Crippen LogP contribution in [0.1, 0.15) is 11.1 Å². The Labute approximate surface area is 283 Å². The summed E-state index contributed by atoms with van der Waals surface area (Å²) >= 11 is 0. The summed E-state index contributed by atoms with van der Waals surface area (Å²) in [7, 11) is 0. The lowest BCUT2D eigenvalue weighted by Gasteiger charge is -2.20. The van der Waals surface area contributed by atoms with Crippen LogP contribution in [0.4, 0.5) is 0 Å². The molecule has 1 aromatic heterocycles. The van der Waals surface area contributed by atoms with Gasteiger partial charge in [-0.3, -0.25) is 0 Å². The van der Waals surface area contributed by atoms with Gasteiger partial charge < -0.3 is 4.57 Å². The minimum atomic E-state index is 0.562. The SMILES string of the molecule is N#Cc1ccc(-c2c3ccccc3c(-c3ccccc3)c3ccccc23)c(-c2ccc(-n3c4ccccc4c4ccccc43)c(C#N)c2)c1. The molecule has 0 aliphatic carbocycles. The quantitative estimate of drug-likeness (QED) is 0.184. The number of hydrogen-bond donors (Lipinski definition) is 0. The maximum Gasteiger partial charge on any atom is 0.101 e. The van der Waals surface area contributed by atoms with Crippen molar-refractivity contribution >= 4 is 43.4 Å². The third-order valence-corrected chi connectivity index (χ3v) is 9.66. The molecule has 0 amide bonds. The zero-order valence-electron chi connectivity index (χ0n) is 26.4. The zero-order chi connectivity index (χ0) is 32.9. The standard InChI is InChI=1S/C46H27N3/c47-28-30-22-24-40(46-38-18-6-4-16-36(38)45(31-12-2-1-3-13-31)37-17-5-7-19-39(37)46)41(26-30)32-23-25-42(33(27-32)29-48)49-43-20-10-8-14-34(43)35-15-9-11-21-44(35)49/h1-27H. The van der Waals surface area contributed by atoms with Crippen molar-refractivity contribution in [3.8, 4) is 51.2 Å². The molecule has 0 bridgehead atoms. The predicted octanol–water partition coefficient (Wildman–Crippen LogP) is 11.8. The van der Waals surface area contributed by atoms with E-state index in [4.69, 9.17) is 0 Å². The Bertz CT molecular complexity index is 2740. The van der Waals surface area contributed by atoms with Gasteiger partial charge in [0.15, 0.2) is 0 Å². The molecule has 0 radical (unpaired) electrons. The molecule has 0 saturated carbocycles. The molecule has 0 N–H and O–H groups in total. The fourth-order valence-electron chi connectivity index (χ4n) is 7.58. The van der Waals surface area contributed by atoms with E-state index in [-0.39, 0.29) is 0 Å². The van der Waals surface area contributed by atoms with E-state index in [1.807, 2.05) is 42.5 Å². The average molecular weight is 622 g/mol. The minimum absolute atomic E-state index is 0.562. The highest BCUT2D eigenvalue weighted by Gasteiger charge is 2.21. The van der Waals surface area contributed by atoms with E-state index in [1.54, 1.807) is 0 Å². The van der Waals surface area contributed by atoms with Gasteiger partial charge in [0.25, 0.3) is 0 Å². The van der Waals surface area contributed by atoms with Crippen molar-refractivity contribution in [1.82, 2.24) is 4.57 Å². The highest BCUT2D eigenvalue weighted by atomic mass is 15.0. The van der Waals surface area contributed by atoms with Gasteiger partial charge in [0.1, 0.15) is 6.07 Å². The van der Waals surface area contributed by atoms with Crippen LogP contribution in [0.5, 0.6) is 0 Å². The molecule has 49 heavy (non-hydrogen) atoms. The predicted molar refractivity (Wildman–Crippen MR) is 202 cm³/mol. The molecule has 3 nitrogen and oxygen atoms in total. The first kappa shape index (κ1) is 28.3. The summed E-state index contributed by atoms with van der Waals surface area (Å²) in [6, 6.07) is 61.3. The Morgan fingerprint density at radius 1 is 0.388 bits per heavy atom. The van der Waals surface area contributed by atoms with Crippen LogP contribution in [0.15, 0.2) is 164 Å². The molecule has 1 heterocycles. The molecule has 226 valence electrons. The second-order valence-electron chi connectivity index (χ2n) is 12.3. The minimum Gasteiger partial charge on any atom is -0.308 e. The maximum absolute atomic E-state index is 10.6. The van der Waals surface area contributed by atoms with Crippen molar-refractivity contribution < 1.29 is 0 Å². The van der Waals surface area contributed by atoms with E-state index in [1.165, 1.54) is 11.1 Å². The second kappa shape index (κ2) is 11.4. The second-order valence-corrected chi connectivity index (χ2v) is 12.3. The zero-order valence-corrected chi connectivity index (χ0v) is 26.4. The molecule has 0 unspecified atom stereocenters. The molecule has 8 aromatic carbocycles. The summed E-state index contributed by atoms with van der Waals surface area (Å²) in [5.41, 5.74) is 10.3. The van der Waals surface area contributed by atoms with E-state index < -0.39 is 0 Å². The van der Waals surface area contributed by atoms with Crippen LogP contribution in [-0.2, 0) is 0 Å². The molecule has 9 aromatic rings. The van der Waals surface area contributed by atoms with Crippen molar-refractivity contribution in [2.24, 2.45) is 0 Å². The molecule has 3 heteroatoms. The van der Waals surface area contributed by atoms with Crippen LogP contribution in [-0.4, -0.2) is 4.57 Å². The number of aromatic nitrogens is 1. The van der Waals surface area contributed by atoms with E-state index in [2.05, 4.69) is 138 Å². The van der Waals surface area contributed by atoms with Crippen molar-refractivity contribution in [2.75, 3.05) is 0 Å². The fraction of sp³-hybridized carbons (Fsp3) is 0. The van der Waals surface area contributed by atoms with Gasteiger partial charge in [0.05, 0.1) is 33.9 Å². The van der Waals surface area contributed by atoms with Crippen LogP contribution in [0.25, 0.3) is 82.4 Å². The Hall–Kier alpha value is -6.94. The van der Waals surface area contributed by atoms with E-state index in [9.17, 15) is 10.5 Å². The Kier molecular flexibility index (Phi) is 6.58. The number of benzene rings is 8. The van der Waals surface area contributed by atoms with Gasteiger partial charge in [-0.2, -0.15) is 10.5 Å². The van der Waals surface area contributed by atoms with Crippen molar-refractivity contribution in [2.45, 2.75) is 0 Å². The monoisotopic (exact) mass is 621 g/mol. The molecular weight excluding hydrogens is 595 g/mol. The normalized spacial score (nSPS) is 11.2. The Balaban J connectivity index is 1.32. The van der Waals surface area contributed by atoms with Crippen molar-refractivity contribution in [1.29, 1.82) is 10.5 Å². The maximum atomic E-state index is 10.6. The van der Waals surface area contributed by atoms with Crippen LogP contribution >= 0.6 is 0 Å². The summed E-state index contributed by atoms with van der Waals surface area (Å²) in [6.07, 6.45) is 0. The molecule has 9 rings (SSSR count). The number of nitriles is 2. The highest BCUT2D eigenvalue weighted by Crippen LogP contribution is 2.46. The summed E-state index contributed by atoms with van der Waals surface area (Å²) in [5.74, 6) is 0. The van der Waals surface area contributed by atoms with Gasteiger partial charge in [-0.25, -0.2) is 0 Å². The number of hydrogen-bond acceptors (Lipinski definition) is 2. The number of nitrogens with zero attached hydrogens (tertiary/aromatic N) is 3. The first-order chi connectivity index (χ1) is 24.2. The number of fused-ring (bicyclic) bond motifs is 5. The number of rotatable bonds is 4. The van der Waals surface area contributed by atoms with Crippen molar-refractivity contribution in [3.05, 3.63) is 175 Å². The van der Waals surface area contributed by atoms with Gasteiger partial charge in [-0.1, -0.05) is 127 Å². The highest BCUT2D eigenvalue weighted by molar-refractivity contribution is 6.22. The topological polar surface area (TPSA) is 52.5 Å². The summed E-state index contributed by atoms with van der Waals surface area (Å²) in [6.45, 7) is 0. The first-order valence-corrected chi connectivity index (χ1v) is 16.3. The Morgan fingerprint density at radius 2 is 0.918 bits per heavy atom. The molecular formula is C46H27N3. The van der Waals surface area contributed by atoms with Gasteiger partial charge in [-0.15, -0.1) is 0 Å². The lowest BCUT2D eigenvalue weighted by Crippen LogP contribution is -1.98. The average Bonchev–Trinajstić information content (AvgIpc) is 3.51. The van der Waals surface area contributed by atoms with Crippen LogP contribution in [0.2, 0.25) is 0 Å². The smallest absolute Gasteiger partial charge is 0.101 e. The Morgan fingerprint density at radius 3 is 1.49 bits per heavy atom. The van der Waals surface area contributed by atoms with E-state index in [0.717, 1.165) is 71.3 Å². The van der Waals surface area contributed by atoms with Crippen LogP contribution in [0, 0.1) is 22.7 Å². The van der Waals surface area contributed by atoms with E-state index in [0.29, 0.717) is 11.1 Å². The first-order valence-electron chi connectivity index (χ1n) is 16.3. The molecule has 0 saturated heterocycles. The third-order valence-electron chi connectivity index (χ3n) is 9.66. The van der Waals surface area contributed by atoms with Gasteiger partial charge >= 0.3 is 0 Å². The van der Waals surface area contributed by atoms with Crippen molar-refractivity contribution in [3.63, 3.8) is 0 Å². The summed E-state index contributed by atoms with van der Waals surface area (Å²) < 4.78 is 2.18. The lowest BCUT2D eigenvalue weighted by molar-refractivity contribution is 1.17. The van der Waals surface area contributed by atoms with Gasteiger partial charge in [0, 0.05) is 10.8 Å². The van der Waals surface area contributed by atoms with Gasteiger partial charge in [0.2, 0.25) is 0 Å². The molecule has 0 aliphatic rings. The van der Waals surface area contributed by atoms with Crippen LogP contribution in [0.3, 0.4) is 0 Å². The molecule has 0 aliphatic heterocycles. The molecule has 0 atom stereocenters. The summed E-state index contributed by atoms with van der Waals surface area (Å²) in [5, 5.41) is 27.6. The largest absolute Gasteiger partial charge is 0.308 e.